The van der Waals surface area contributed by atoms with Crippen LogP contribution in [0.2, 0.25) is 0 Å². The Bertz CT molecular complexity index is 1260. The average Bonchev–Trinajstić information content (AvgIpc) is 3.50. The van der Waals surface area contributed by atoms with Gasteiger partial charge in [0.05, 0.1) is 18.8 Å². The first-order valence-electron chi connectivity index (χ1n) is 10.7. The monoisotopic (exact) mass is 443 g/mol. The third-order valence-corrected chi connectivity index (χ3v) is 5.79. The summed E-state index contributed by atoms with van der Waals surface area (Å²) in [4.78, 5) is 2.22. The van der Waals surface area contributed by atoms with Crippen LogP contribution in [0, 0.1) is 6.92 Å². The van der Waals surface area contributed by atoms with E-state index in [4.69, 9.17) is 14.2 Å². The van der Waals surface area contributed by atoms with Gasteiger partial charge in [-0.2, -0.15) is 4.68 Å². The van der Waals surface area contributed by atoms with Gasteiger partial charge in [0.2, 0.25) is 12.5 Å². The van der Waals surface area contributed by atoms with Crippen LogP contribution in [0.4, 0.5) is 0 Å². The van der Waals surface area contributed by atoms with Gasteiger partial charge in [0.25, 0.3) is 0 Å². The zero-order valence-corrected chi connectivity index (χ0v) is 18.8. The van der Waals surface area contributed by atoms with Crippen LogP contribution >= 0.6 is 0 Å². The zero-order valence-electron chi connectivity index (χ0n) is 18.8. The summed E-state index contributed by atoms with van der Waals surface area (Å²) in [5.41, 5.74) is 4.18. The van der Waals surface area contributed by atoms with Gasteiger partial charge in [0.15, 0.2) is 17.3 Å². The van der Waals surface area contributed by atoms with E-state index in [1.54, 1.807) is 7.11 Å². The van der Waals surface area contributed by atoms with Crippen LogP contribution in [0.5, 0.6) is 17.2 Å². The van der Waals surface area contributed by atoms with Gasteiger partial charge < -0.3 is 14.2 Å². The Morgan fingerprint density at radius 1 is 1.06 bits per heavy atom. The predicted molar refractivity (Wildman–Crippen MR) is 123 cm³/mol. The lowest BCUT2D eigenvalue weighted by atomic mass is 10.0. The SMILES string of the molecule is COc1cc(CN(C)[C@H](c2ccccc2)c2nnnn2-c2ccccc2C)cc2c1OCO2. The van der Waals surface area contributed by atoms with E-state index in [-0.39, 0.29) is 12.8 Å². The molecule has 0 radical (unpaired) electrons. The standard InChI is InChI=1S/C25H25N5O3/c1-17-9-7-8-12-20(17)30-25(26-27-28-30)23(19-10-5-4-6-11-19)29(2)15-18-13-21(31-3)24-22(14-18)32-16-33-24/h4-14,23H,15-16H2,1-3H3/t23-/m1/s1. The topological polar surface area (TPSA) is 74.5 Å². The predicted octanol–water partition coefficient (Wildman–Crippen LogP) is 3.93. The molecule has 8 nitrogen and oxygen atoms in total. The highest BCUT2D eigenvalue weighted by Crippen LogP contribution is 2.42. The molecule has 0 fully saturated rings. The number of rotatable bonds is 7. The lowest BCUT2D eigenvalue weighted by molar-refractivity contribution is 0.171. The van der Waals surface area contributed by atoms with E-state index in [2.05, 4.69) is 52.6 Å². The minimum absolute atomic E-state index is 0.183. The van der Waals surface area contributed by atoms with E-state index in [1.165, 1.54) is 0 Å². The largest absolute Gasteiger partial charge is 0.493 e. The van der Waals surface area contributed by atoms with Crippen molar-refractivity contribution in [2.75, 3.05) is 21.0 Å². The summed E-state index contributed by atoms with van der Waals surface area (Å²) in [5, 5.41) is 12.8. The Kier molecular flexibility index (Phi) is 5.66. The Balaban J connectivity index is 1.55. The third-order valence-electron chi connectivity index (χ3n) is 5.79. The molecule has 0 amide bonds. The van der Waals surface area contributed by atoms with Crippen molar-refractivity contribution in [1.82, 2.24) is 25.1 Å². The van der Waals surface area contributed by atoms with Crippen molar-refractivity contribution >= 4 is 0 Å². The van der Waals surface area contributed by atoms with Crippen molar-refractivity contribution in [1.29, 1.82) is 0 Å². The van der Waals surface area contributed by atoms with Crippen molar-refractivity contribution in [3.05, 3.63) is 89.2 Å². The summed E-state index contributed by atoms with van der Waals surface area (Å²) in [6.07, 6.45) is 0. The van der Waals surface area contributed by atoms with Gasteiger partial charge in [-0.1, -0.05) is 48.5 Å². The highest BCUT2D eigenvalue weighted by Gasteiger charge is 2.28. The molecule has 0 saturated heterocycles. The minimum Gasteiger partial charge on any atom is -0.493 e. The molecule has 33 heavy (non-hydrogen) atoms. The molecule has 1 aliphatic rings. The second-order valence-electron chi connectivity index (χ2n) is 8.00. The summed E-state index contributed by atoms with van der Waals surface area (Å²) < 4.78 is 18.5. The van der Waals surface area contributed by atoms with Crippen LogP contribution in [0.25, 0.3) is 5.69 Å². The van der Waals surface area contributed by atoms with Gasteiger partial charge in [0.1, 0.15) is 0 Å². The smallest absolute Gasteiger partial charge is 0.231 e. The Labute approximate surface area is 192 Å². The first kappa shape index (κ1) is 21.0. The van der Waals surface area contributed by atoms with E-state index >= 15 is 0 Å². The molecule has 4 aromatic rings. The van der Waals surface area contributed by atoms with Crippen LogP contribution in [0.3, 0.4) is 0 Å². The van der Waals surface area contributed by atoms with Crippen molar-refractivity contribution in [2.45, 2.75) is 19.5 Å². The van der Waals surface area contributed by atoms with Gasteiger partial charge in [-0.05, 0) is 59.3 Å². The van der Waals surface area contributed by atoms with Gasteiger partial charge in [-0.25, -0.2) is 0 Å². The Hall–Kier alpha value is -3.91. The first-order chi connectivity index (χ1) is 16.2. The lowest BCUT2D eigenvalue weighted by Gasteiger charge is -2.28. The average molecular weight is 444 g/mol. The maximum atomic E-state index is 5.61. The molecule has 0 unspecified atom stereocenters. The molecule has 8 heteroatoms. The van der Waals surface area contributed by atoms with Gasteiger partial charge in [-0.3, -0.25) is 4.90 Å². The molecule has 5 rings (SSSR count). The molecule has 0 N–H and O–H groups in total. The Morgan fingerprint density at radius 2 is 1.85 bits per heavy atom. The molecule has 168 valence electrons. The summed E-state index contributed by atoms with van der Waals surface area (Å²) >= 11 is 0. The number of nitrogens with zero attached hydrogens (tertiary/aromatic N) is 5. The summed E-state index contributed by atoms with van der Waals surface area (Å²) in [6, 6.07) is 22.1. The molecule has 1 aromatic heterocycles. The fraction of sp³-hybridized carbons (Fsp3) is 0.240. The molecule has 0 spiro atoms. The minimum atomic E-state index is -0.183. The van der Waals surface area contributed by atoms with Crippen molar-refractivity contribution in [2.24, 2.45) is 0 Å². The molecule has 3 aromatic carbocycles. The van der Waals surface area contributed by atoms with Crippen LogP contribution in [0.15, 0.2) is 66.7 Å². The molecular formula is C25H25N5O3. The molecular weight excluding hydrogens is 418 g/mol. The van der Waals surface area contributed by atoms with Crippen molar-refractivity contribution in [3.63, 3.8) is 0 Å². The van der Waals surface area contributed by atoms with Crippen LogP contribution in [-0.4, -0.2) is 46.1 Å². The maximum Gasteiger partial charge on any atom is 0.231 e. The summed E-state index contributed by atoms with van der Waals surface area (Å²) in [6.45, 7) is 2.87. The van der Waals surface area contributed by atoms with E-state index in [9.17, 15) is 0 Å². The van der Waals surface area contributed by atoms with E-state index in [0.717, 1.165) is 28.2 Å². The van der Waals surface area contributed by atoms with E-state index in [1.807, 2.05) is 53.2 Å². The number of para-hydroxylation sites is 1. The van der Waals surface area contributed by atoms with Gasteiger partial charge in [-0.15, -0.1) is 5.10 Å². The number of aryl methyl sites for hydroxylation is 1. The number of aromatic nitrogens is 4. The van der Waals surface area contributed by atoms with Crippen LogP contribution < -0.4 is 14.2 Å². The number of hydrogen-bond acceptors (Lipinski definition) is 7. The number of fused-ring (bicyclic) bond motifs is 1. The molecule has 2 heterocycles. The molecule has 1 aliphatic heterocycles. The normalized spacial score (nSPS) is 13.3. The number of tetrazole rings is 1. The van der Waals surface area contributed by atoms with Crippen molar-refractivity contribution in [3.8, 4) is 22.9 Å². The van der Waals surface area contributed by atoms with Crippen LogP contribution in [-0.2, 0) is 6.54 Å². The zero-order chi connectivity index (χ0) is 22.8. The van der Waals surface area contributed by atoms with E-state index < -0.39 is 0 Å². The number of benzene rings is 3. The Morgan fingerprint density at radius 3 is 2.64 bits per heavy atom. The van der Waals surface area contributed by atoms with Crippen molar-refractivity contribution < 1.29 is 14.2 Å². The van der Waals surface area contributed by atoms with Crippen LogP contribution in [0.1, 0.15) is 28.6 Å². The second-order valence-corrected chi connectivity index (χ2v) is 8.00. The molecule has 1 atom stereocenters. The maximum absolute atomic E-state index is 5.61. The quantitative estimate of drug-likeness (QED) is 0.428. The van der Waals surface area contributed by atoms with Gasteiger partial charge >= 0.3 is 0 Å². The second kappa shape index (κ2) is 8.91. The van der Waals surface area contributed by atoms with E-state index in [0.29, 0.717) is 23.8 Å². The fourth-order valence-electron chi connectivity index (χ4n) is 4.23. The fourth-order valence-corrected chi connectivity index (χ4v) is 4.23. The number of ether oxygens (including phenoxy) is 3. The highest BCUT2D eigenvalue weighted by atomic mass is 16.7. The summed E-state index contributed by atoms with van der Waals surface area (Å²) in [7, 11) is 3.69. The van der Waals surface area contributed by atoms with Gasteiger partial charge in [0, 0.05) is 6.54 Å². The number of methoxy groups -OCH3 is 1. The molecule has 0 bridgehead atoms. The summed E-state index contributed by atoms with van der Waals surface area (Å²) in [5.74, 6) is 2.74. The molecule has 0 saturated carbocycles. The highest BCUT2D eigenvalue weighted by molar-refractivity contribution is 5.55. The lowest BCUT2D eigenvalue weighted by Crippen LogP contribution is -2.28. The third kappa shape index (κ3) is 4.01. The number of hydrogen-bond donors (Lipinski definition) is 0. The molecule has 0 aliphatic carbocycles. The first-order valence-corrected chi connectivity index (χ1v) is 10.7.